The molecule has 0 aliphatic rings. The number of nitrogens with two attached hydrogens (primary N) is 1. The quantitative estimate of drug-likeness (QED) is 0.788. The van der Waals surface area contributed by atoms with E-state index in [1.165, 1.54) is 6.07 Å². The molecule has 0 amide bonds. The van der Waals surface area contributed by atoms with E-state index in [1.54, 1.807) is 21.4 Å². The fourth-order valence-corrected chi connectivity index (χ4v) is 2.85. The van der Waals surface area contributed by atoms with Crippen molar-refractivity contribution >= 4 is 33.0 Å². The number of fused-ring (bicyclic) bond motifs is 1. The summed E-state index contributed by atoms with van der Waals surface area (Å²) in [6.45, 7) is 2.08. The van der Waals surface area contributed by atoms with Gasteiger partial charge in [-0.05, 0) is 24.6 Å². The lowest BCUT2D eigenvalue weighted by Crippen LogP contribution is -2.06. The minimum absolute atomic E-state index is 0.257. The summed E-state index contributed by atoms with van der Waals surface area (Å²) in [5.74, 6) is -0.102. The highest BCUT2D eigenvalue weighted by molar-refractivity contribution is 9.10. The molecule has 5 nitrogen and oxygen atoms in total. The van der Waals surface area contributed by atoms with Gasteiger partial charge in [0.2, 0.25) is 5.95 Å². The molecule has 0 fully saturated rings. The van der Waals surface area contributed by atoms with Crippen LogP contribution in [-0.2, 0) is 13.5 Å². The summed E-state index contributed by atoms with van der Waals surface area (Å²) < 4.78 is 18.2. The molecule has 0 saturated heterocycles. The Bertz CT molecular complexity index is 820. The van der Waals surface area contributed by atoms with E-state index in [9.17, 15) is 4.39 Å². The second kappa shape index (κ2) is 5.14. The summed E-state index contributed by atoms with van der Waals surface area (Å²) in [5.41, 5.74) is 8.69. The van der Waals surface area contributed by atoms with Crippen molar-refractivity contribution in [3.8, 4) is 5.69 Å². The molecule has 1 aromatic carbocycles. The Morgan fingerprint density at radius 2 is 2.14 bits per heavy atom. The first-order chi connectivity index (χ1) is 10.0. The molecule has 3 aromatic rings. The fourth-order valence-electron chi connectivity index (χ4n) is 2.50. The number of nitrogens with zero attached hydrogens (tertiary/aromatic N) is 4. The summed E-state index contributed by atoms with van der Waals surface area (Å²) in [7, 11) is 1.81. The zero-order valence-corrected chi connectivity index (χ0v) is 13.4. The number of hydrogen-bond donors (Lipinski definition) is 1. The van der Waals surface area contributed by atoms with Crippen LogP contribution in [0.25, 0.3) is 16.9 Å². The molecule has 0 unspecified atom stereocenters. The van der Waals surface area contributed by atoms with Crippen LogP contribution < -0.4 is 5.73 Å². The molecule has 0 radical (unpaired) electrons. The molecule has 0 aliphatic heterocycles. The maximum absolute atomic E-state index is 14.2. The molecule has 2 N–H and O–H groups in total. The van der Waals surface area contributed by atoms with E-state index in [4.69, 9.17) is 5.73 Å². The van der Waals surface area contributed by atoms with E-state index >= 15 is 0 Å². The first-order valence-electron chi connectivity index (χ1n) is 6.68. The van der Waals surface area contributed by atoms with Gasteiger partial charge in [0.15, 0.2) is 5.65 Å². The molecule has 0 bridgehead atoms. The zero-order chi connectivity index (χ0) is 15.1. The predicted molar refractivity (Wildman–Crippen MR) is 83.9 cm³/mol. The molecule has 110 valence electrons. The van der Waals surface area contributed by atoms with Gasteiger partial charge in [-0.3, -0.25) is 4.57 Å². The average Bonchev–Trinajstić information content (AvgIpc) is 2.91. The van der Waals surface area contributed by atoms with Gasteiger partial charge in [-0.25, -0.2) is 14.1 Å². The summed E-state index contributed by atoms with van der Waals surface area (Å²) in [6.07, 6.45) is 1.78. The van der Waals surface area contributed by atoms with Crippen LogP contribution in [0.15, 0.2) is 22.7 Å². The van der Waals surface area contributed by atoms with Crippen LogP contribution >= 0.6 is 15.9 Å². The van der Waals surface area contributed by atoms with E-state index in [1.807, 2.05) is 7.05 Å². The molecule has 0 spiro atoms. The number of benzene rings is 1. The fraction of sp³-hybridized carbons (Fsp3) is 0.286. The van der Waals surface area contributed by atoms with E-state index in [0.717, 1.165) is 28.5 Å². The minimum Gasteiger partial charge on any atom is -0.369 e. The van der Waals surface area contributed by atoms with Crippen LogP contribution in [0.3, 0.4) is 0 Å². The standard InChI is InChI=1S/C14H15BrFN5/c1-3-4-10-12-13(20(2)19-10)21(14(17)18-12)11-7-8(15)5-6-9(11)16/h5-7H,3-4H2,1-2H3,(H2,17,18). The lowest BCUT2D eigenvalue weighted by Gasteiger charge is -2.08. The Balaban J connectivity index is 2.32. The Labute approximate surface area is 129 Å². The lowest BCUT2D eigenvalue weighted by molar-refractivity contribution is 0.617. The SMILES string of the molecule is CCCc1nn(C)c2c1nc(N)n2-c1cc(Br)ccc1F. The van der Waals surface area contributed by atoms with Crippen LogP contribution in [0.5, 0.6) is 0 Å². The third-order valence-electron chi connectivity index (χ3n) is 3.37. The molecule has 2 aromatic heterocycles. The summed E-state index contributed by atoms with van der Waals surface area (Å²) in [6, 6.07) is 4.72. The van der Waals surface area contributed by atoms with Gasteiger partial charge in [-0.2, -0.15) is 5.10 Å². The lowest BCUT2D eigenvalue weighted by atomic mass is 10.2. The monoisotopic (exact) mass is 351 g/mol. The zero-order valence-electron chi connectivity index (χ0n) is 11.8. The van der Waals surface area contributed by atoms with E-state index in [0.29, 0.717) is 11.3 Å². The topological polar surface area (TPSA) is 61.7 Å². The molecule has 21 heavy (non-hydrogen) atoms. The van der Waals surface area contributed by atoms with Crippen molar-refractivity contribution in [3.05, 3.63) is 34.2 Å². The van der Waals surface area contributed by atoms with Crippen molar-refractivity contribution in [2.75, 3.05) is 5.73 Å². The molecule has 3 rings (SSSR count). The largest absolute Gasteiger partial charge is 0.369 e. The molecule has 0 atom stereocenters. The van der Waals surface area contributed by atoms with Gasteiger partial charge in [-0.15, -0.1) is 0 Å². The first-order valence-corrected chi connectivity index (χ1v) is 7.47. The van der Waals surface area contributed by atoms with E-state index in [-0.39, 0.29) is 11.8 Å². The van der Waals surface area contributed by atoms with Crippen LogP contribution in [0.1, 0.15) is 19.0 Å². The van der Waals surface area contributed by atoms with Crippen molar-refractivity contribution in [2.45, 2.75) is 19.8 Å². The highest BCUT2D eigenvalue weighted by Gasteiger charge is 2.20. The number of anilines is 1. The summed E-state index contributed by atoms with van der Waals surface area (Å²) in [4.78, 5) is 4.38. The number of aromatic nitrogens is 4. The first kappa shape index (κ1) is 14.1. The molecular formula is C14H15BrFN5. The maximum atomic E-state index is 14.2. The molecular weight excluding hydrogens is 337 g/mol. The number of nitrogen functional groups attached to an aromatic ring is 1. The van der Waals surface area contributed by atoms with E-state index in [2.05, 4.69) is 32.9 Å². The Kier molecular flexibility index (Phi) is 3.44. The van der Waals surface area contributed by atoms with Crippen LogP contribution in [-0.4, -0.2) is 19.3 Å². The van der Waals surface area contributed by atoms with Crippen molar-refractivity contribution in [1.82, 2.24) is 19.3 Å². The normalized spacial score (nSPS) is 11.4. The van der Waals surface area contributed by atoms with Gasteiger partial charge in [0.25, 0.3) is 0 Å². The summed E-state index contributed by atoms with van der Waals surface area (Å²) >= 11 is 3.36. The van der Waals surface area contributed by atoms with Crippen LogP contribution in [0, 0.1) is 5.82 Å². The van der Waals surface area contributed by atoms with Gasteiger partial charge in [0.05, 0.1) is 11.4 Å². The smallest absolute Gasteiger partial charge is 0.207 e. The van der Waals surface area contributed by atoms with Gasteiger partial charge >= 0.3 is 0 Å². The maximum Gasteiger partial charge on any atom is 0.207 e. The van der Waals surface area contributed by atoms with Crippen molar-refractivity contribution < 1.29 is 4.39 Å². The highest BCUT2D eigenvalue weighted by atomic mass is 79.9. The molecule has 0 aliphatic carbocycles. The highest BCUT2D eigenvalue weighted by Crippen LogP contribution is 2.28. The number of hydrogen-bond acceptors (Lipinski definition) is 3. The Morgan fingerprint density at radius 3 is 2.86 bits per heavy atom. The van der Waals surface area contributed by atoms with Crippen molar-refractivity contribution in [1.29, 1.82) is 0 Å². The molecule has 0 saturated carbocycles. The van der Waals surface area contributed by atoms with Crippen molar-refractivity contribution in [3.63, 3.8) is 0 Å². The van der Waals surface area contributed by atoms with Crippen LogP contribution in [0.4, 0.5) is 10.3 Å². The Morgan fingerprint density at radius 1 is 1.38 bits per heavy atom. The van der Waals surface area contributed by atoms with Gasteiger partial charge < -0.3 is 5.73 Å². The predicted octanol–water partition coefficient (Wildman–Crippen LogP) is 3.20. The average molecular weight is 352 g/mol. The summed E-state index contributed by atoms with van der Waals surface area (Å²) in [5, 5.41) is 4.46. The Hall–Kier alpha value is -1.89. The second-order valence-corrected chi connectivity index (χ2v) is 5.81. The second-order valence-electron chi connectivity index (χ2n) is 4.89. The van der Waals surface area contributed by atoms with E-state index < -0.39 is 0 Å². The van der Waals surface area contributed by atoms with Crippen molar-refractivity contribution in [2.24, 2.45) is 7.05 Å². The van der Waals surface area contributed by atoms with Crippen LogP contribution in [0.2, 0.25) is 0 Å². The molecule has 7 heteroatoms. The van der Waals surface area contributed by atoms with Gasteiger partial charge in [0.1, 0.15) is 11.3 Å². The third-order valence-corrected chi connectivity index (χ3v) is 3.86. The minimum atomic E-state index is -0.359. The number of aryl methyl sites for hydroxylation is 2. The third kappa shape index (κ3) is 2.21. The molecule has 2 heterocycles. The number of imidazole rings is 1. The number of rotatable bonds is 3. The van der Waals surface area contributed by atoms with Gasteiger partial charge in [-0.1, -0.05) is 29.3 Å². The van der Waals surface area contributed by atoms with Gasteiger partial charge in [0, 0.05) is 11.5 Å². The number of halogens is 2.